The highest BCUT2D eigenvalue weighted by Gasteiger charge is 2.06. The molecule has 2 aromatic rings. The Hall–Kier alpha value is -2.10. The van der Waals surface area contributed by atoms with Crippen molar-refractivity contribution in [3.05, 3.63) is 48.8 Å². The molecule has 0 aliphatic heterocycles. The van der Waals surface area contributed by atoms with Gasteiger partial charge in [-0.2, -0.15) is 0 Å². The summed E-state index contributed by atoms with van der Waals surface area (Å²) in [7, 11) is 0. The molecule has 2 rings (SSSR count). The quantitative estimate of drug-likeness (QED) is 0.735. The van der Waals surface area contributed by atoms with E-state index in [1.165, 1.54) is 0 Å². The van der Waals surface area contributed by atoms with E-state index >= 15 is 0 Å². The van der Waals surface area contributed by atoms with Gasteiger partial charge in [-0.15, -0.1) is 0 Å². The molecule has 16 heavy (non-hydrogen) atoms. The van der Waals surface area contributed by atoms with Crippen LogP contribution in [0.4, 0.5) is 0 Å². The van der Waals surface area contributed by atoms with Crippen molar-refractivity contribution < 1.29 is 9.47 Å². The van der Waals surface area contributed by atoms with Crippen molar-refractivity contribution in [1.29, 1.82) is 0 Å². The van der Waals surface area contributed by atoms with Crippen molar-refractivity contribution in [2.75, 3.05) is 0 Å². The summed E-state index contributed by atoms with van der Waals surface area (Å²) in [5.41, 5.74) is 0. The zero-order chi connectivity index (χ0) is 11.2. The lowest BCUT2D eigenvalue weighted by atomic mass is 10.5. The van der Waals surface area contributed by atoms with Crippen LogP contribution in [-0.4, -0.2) is 16.3 Å². The van der Waals surface area contributed by atoms with Gasteiger partial charge in [-0.05, 0) is 12.1 Å². The molecule has 0 unspecified atom stereocenters. The third kappa shape index (κ3) is 2.95. The topological polar surface area (TPSA) is 44.2 Å². The van der Waals surface area contributed by atoms with Gasteiger partial charge >= 0.3 is 0 Å². The van der Waals surface area contributed by atoms with Gasteiger partial charge in [-0.3, -0.25) is 0 Å². The van der Waals surface area contributed by atoms with E-state index in [-0.39, 0.29) is 0 Å². The molecule has 0 atom stereocenters. The van der Waals surface area contributed by atoms with Gasteiger partial charge in [-0.1, -0.05) is 12.1 Å². The molecule has 0 saturated carbocycles. The summed E-state index contributed by atoms with van der Waals surface area (Å²) in [5.74, 6) is 1.07. The minimum atomic E-state index is -0.426. The summed E-state index contributed by atoms with van der Waals surface area (Å²) in [6, 6.07) is 10.9. The van der Waals surface area contributed by atoms with Crippen LogP contribution in [0.3, 0.4) is 0 Å². The average Bonchev–Trinajstić information content (AvgIpc) is 2.31. The Morgan fingerprint density at radius 3 is 1.75 bits per heavy atom. The van der Waals surface area contributed by atoms with Crippen LogP contribution in [-0.2, 0) is 0 Å². The molecule has 0 spiro atoms. The Labute approximate surface area is 93.9 Å². The van der Waals surface area contributed by atoms with Gasteiger partial charge in [0, 0.05) is 31.5 Å². The summed E-state index contributed by atoms with van der Waals surface area (Å²) in [6.45, 7) is 1.80. The van der Waals surface area contributed by atoms with E-state index in [0.717, 1.165) is 0 Å². The van der Waals surface area contributed by atoms with Gasteiger partial charge < -0.3 is 9.47 Å². The summed E-state index contributed by atoms with van der Waals surface area (Å²) in [4.78, 5) is 8.08. The molecule has 0 bridgehead atoms. The van der Waals surface area contributed by atoms with Crippen LogP contribution in [0.1, 0.15) is 6.92 Å². The molecular formula is C12H12N2O2. The fourth-order valence-electron chi connectivity index (χ4n) is 1.20. The second kappa shape index (κ2) is 5.11. The predicted molar refractivity (Wildman–Crippen MR) is 59.2 cm³/mol. The van der Waals surface area contributed by atoms with Crippen molar-refractivity contribution in [2.45, 2.75) is 13.2 Å². The normalized spacial score (nSPS) is 10.1. The molecule has 82 valence electrons. The molecule has 0 aromatic carbocycles. The number of pyridine rings is 2. The Morgan fingerprint density at radius 1 is 0.875 bits per heavy atom. The van der Waals surface area contributed by atoms with Gasteiger partial charge in [0.15, 0.2) is 0 Å². The summed E-state index contributed by atoms with van der Waals surface area (Å²) < 4.78 is 10.9. The molecular weight excluding hydrogens is 204 g/mol. The average molecular weight is 216 g/mol. The smallest absolute Gasteiger partial charge is 0.242 e. The molecule has 0 N–H and O–H groups in total. The van der Waals surface area contributed by atoms with Crippen molar-refractivity contribution in [3.8, 4) is 11.8 Å². The molecule has 0 radical (unpaired) electrons. The fourth-order valence-corrected chi connectivity index (χ4v) is 1.20. The Kier molecular flexibility index (Phi) is 3.33. The number of rotatable bonds is 4. The molecule has 0 saturated heterocycles. The second-order valence-electron chi connectivity index (χ2n) is 3.14. The highest BCUT2D eigenvalue weighted by molar-refractivity contribution is 5.11. The molecule has 0 amide bonds. The lowest BCUT2D eigenvalue weighted by Gasteiger charge is -2.14. The second-order valence-corrected chi connectivity index (χ2v) is 3.14. The minimum absolute atomic E-state index is 0.426. The van der Waals surface area contributed by atoms with Crippen molar-refractivity contribution in [1.82, 2.24) is 9.97 Å². The van der Waals surface area contributed by atoms with Gasteiger partial charge in [0.1, 0.15) is 0 Å². The molecule has 4 heteroatoms. The third-order valence-corrected chi connectivity index (χ3v) is 1.85. The Balaban J connectivity index is 1.92. The van der Waals surface area contributed by atoms with E-state index in [2.05, 4.69) is 9.97 Å². The molecule has 0 aliphatic rings. The van der Waals surface area contributed by atoms with E-state index in [4.69, 9.17) is 9.47 Å². The van der Waals surface area contributed by atoms with E-state index in [0.29, 0.717) is 11.8 Å². The molecule has 0 fully saturated rings. The number of nitrogens with zero attached hydrogens (tertiary/aromatic N) is 2. The highest BCUT2D eigenvalue weighted by Crippen LogP contribution is 2.10. The first-order chi connectivity index (χ1) is 7.84. The third-order valence-electron chi connectivity index (χ3n) is 1.85. The molecule has 2 heterocycles. The van der Waals surface area contributed by atoms with Crippen molar-refractivity contribution in [2.24, 2.45) is 0 Å². The molecule has 4 nitrogen and oxygen atoms in total. The number of aromatic nitrogens is 2. The molecule has 0 aliphatic carbocycles. The van der Waals surface area contributed by atoms with Crippen LogP contribution in [0.5, 0.6) is 11.8 Å². The van der Waals surface area contributed by atoms with Crippen LogP contribution in [0.25, 0.3) is 0 Å². The highest BCUT2D eigenvalue weighted by atomic mass is 16.7. The van der Waals surface area contributed by atoms with Crippen LogP contribution in [0.2, 0.25) is 0 Å². The number of hydrogen-bond acceptors (Lipinski definition) is 4. The minimum Gasteiger partial charge on any atom is -0.438 e. The monoisotopic (exact) mass is 216 g/mol. The predicted octanol–water partition coefficient (Wildman–Crippen LogP) is 2.28. The first-order valence-electron chi connectivity index (χ1n) is 5.00. The lowest BCUT2D eigenvalue weighted by molar-refractivity contribution is 0.0151. The van der Waals surface area contributed by atoms with Crippen molar-refractivity contribution in [3.63, 3.8) is 0 Å². The van der Waals surface area contributed by atoms with E-state index in [1.807, 2.05) is 24.3 Å². The maximum atomic E-state index is 5.44. The summed E-state index contributed by atoms with van der Waals surface area (Å²) in [6.07, 6.45) is 2.91. The fraction of sp³-hybridized carbons (Fsp3) is 0.167. The maximum Gasteiger partial charge on any atom is 0.242 e. The van der Waals surface area contributed by atoms with Crippen LogP contribution < -0.4 is 9.47 Å². The maximum absolute atomic E-state index is 5.44. The molecule has 2 aromatic heterocycles. The first kappa shape index (κ1) is 10.4. The van der Waals surface area contributed by atoms with Gasteiger partial charge in [0.05, 0.1) is 0 Å². The van der Waals surface area contributed by atoms with E-state index in [9.17, 15) is 0 Å². The Bertz CT molecular complexity index is 378. The zero-order valence-corrected chi connectivity index (χ0v) is 8.91. The largest absolute Gasteiger partial charge is 0.438 e. The van der Waals surface area contributed by atoms with Crippen molar-refractivity contribution >= 4 is 0 Å². The van der Waals surface area contributed by atoms with Crippen LogP contribution >= 0.6 is 0 Å². The zero-order valence-electron chi connectivity index (χ0n) is 8.91. The Morgan fingerprint density at radius 2 is 1.38 bits per heavy atom. The first-order valence-corrected chi connectivity index (χ1v) is 5.00. The summed E-state index contributed by atoms with van der Waals surface area (Å²) >= 11 is 0. The van der Waals surface area contributed by atoms with Crippen LogP contribution in [0, 0.1) is 0 Å². The van der Waals surface area contributed by atoms with Gasteiger partial charge in [-0.25, -0.2) is 9.97 Å². The van der Waals surface area contributed by atoms with Gasteiger partial charge in [0.25, 0.3) is 0 Å². The number of hydrogen-bond donors (Lipinski definition) is 0. The van der Waals surface area contributed by atoms with E-state index < -0.39 is 6.29 Å². The van der Waals surface area contributed by atoms with Crippen LogP contribution in [0.15, 0.2) is 48.8 Å². The summed E-state index contributed by atoms with van der Waals surface area (Å²) in [5, 5.41) is 0. The standard InChI is InChI=1S/C12H12N2O2/c1-10(15-11-6-2-4-8-13-11)16-12-7-3-5-9-14-12/h2-10H,1H3. The van der Waals surface area contributed by atoms with E-state index in [1.54, 1.807) is 31.5 Å². The SMILES string of the molecule is CC(Oc1ccccn1)Oc1ccccn1. The number of ether oxygens (including phenoxy) is 2. The van der Waals surface area contributed by atoms with Gasteiger partial charge in [0.2, 0.25) is 18.1 Å². The lowest BCUT2D eigenvalue weighted by Crippen LogP contribution is -2.20.